The Morgan fingerprint density at radius 3 is 2.39 bits per heavy atom. The van der Waals surface area contributed by atoms with Gasteiger partial charge in [-0.15, -0.1) is 0 Å². The van der Waals surface area contributed by atoms with Gasteiger partial charge in [0.2, 0.25) is 0 Å². The summed E-state index contributed by atoms with van der Waals surface area (Å²) in [6.45, 7) is 9.89. The third kappa shape index (κ3) is 3.72. The standard InChI is InChI=1S/C15H23NO2/c1-11-9-16-14(10-17-11)12-5-7-13(8-6-12)18-15(2,3)4/h5-8,11,14,16H,9-10H2,1-4H3. The number of rotatable bonds is 2. The molecule has 2 rings (SSSR count). The van der Waals surface area contributed by atoms with Crippen LogP contribution in [-0.4, -0.2) is 24.9 Å². The van der Waals surface area contributed by atoms with Gasteiger partial charge in [0.1, 0.15) is 11.4 Å². The fourth-order valence-electron chi connectivity index (χ4n) is 2.02. The number of hydrogen-bond acceptors (Lipinski definition) is 3. The molecule has 3 heteroatoms. The number of nitrogens with one attached hydrogen (secondary N) is 1. The third-order valence-corrected chi connectivity index (χ3v) is 2.91. The van der Waals surface area contributed by atoms with Crippen LogP contribution >= 0.6 is 0 Å². The second-order valence-corrected chi connectivity index (χ2v) is 5.89. The molecule has 0 radical (unpaired) electrons. The average Bonchev–Trinajstić information content (AvgIpc) is 2.29. The fraction of sp³-hybridized carbons (Fsp3) is 0.600. The van der Waals surface area contributed by atoms with E-state index in [0.717, 1.165) is 18.9 Å². The zero-order valence-electron chi connectivity index (χ0n) is 11.7. The van der Waals surface area contributed by atoms with Crippen molar-refractivity contribution >= 4 is 0 Å². The highest BCUT2D eigenvalue weighted by atomic mass is 16.5. The molecule has 0 saturated carbocycles. The largest absolute Gasteiger partial charge is 0.488 e. The van der Waals surface area contributed by atoms with Gasteiger partial charge >= 0.3 is 0 Å². The first-order valence-electron chi connectivity index (χ1n) is 6.58. The van der Waals surface area contributed by atoms with E-state index < -0.39 is 0 Å². The van der Waals surface area contributed by atoms with E-state index in [1.165, 1.54) is 5.56 Å². The smallest absolute Gasteiger partial charge is 0.120 e. The van der Waals surface area contributed by atoms with Gasteiger partial charge in [0.15, 0.2) is 0 Å². The number of ether oxygens (including phenoxy) is 2. The van der Waals surface area contributed by atoms with Gasteiger partial charge in [0.05, 0.1) is 18.8 Å². The molecule has 18 heavy (non-hydrogen) atoms. The summed E-state index contributed by atoms with van der Waals surface area (Å²) in [6, 6.07) is 8.57. The predicted octanol–water partition coefficient (Wildman–Crippen LogP) is 2.91. The Balaban J connectivity index is 1.99. The first-order chi connectivity index (χ1) is 8.44. The molecular formula is C15H23NO2. The molecule has 0 aromatic heterocycles. The van der Waals surface area contributed by atoms with Gasteiger partial charge in [0.25, 0.3) is 0 Å². The Morgan fingerprint density at radius 2 is 1.89 bits per heavy atom. The van der Waals surface area contributed by atoms with Gasteiger partial charge in [-0.05, 0) is 45.4 Å². The minimum atomic E-state index is -0.150. The van der Waals surface area contributed by atoms with Gasteiger partial charge in [-0.2, -0.15) is 0 Å². The Hall–Kier alpha value is -1.06. The summed E-state index contributed by atoms with van der Waals surface area (Å²) >= 11 is 0. The molecule has 1 aromatic carbocycles. The molecular weight excluding hydrogens is 226 g/mol. The van der Waals surface area contributed by atoms with Crippen LogP contribution in [-0.2, 0) is 4.74 Å². The van der Waals surface area contributed by atoms with Crippen LogP contribution in [0.15, 0.2) is 24.3 Å². The lowest BCUT2D eigenvalue weighted by atomic mass is 10.1. The molecule has 2 unspecified atom stereocenters. The lowest BCUT2D eigenvalue weighted by molar-refractivity contribution is 0.0149. The summed E-state index contributed by atoms with van der Waals surface area (Å²) < 4.78 is 11.5. The van der Waals surface area contributed by atoms with Gasteiger partial charge in [-0.1, -0.05) is 12.1 Å². The van der Waals surface area contributed by atoms with E-state index in [-0.39, 0.29) is 5.60 Å². The van der Waals surface area contributed by atoms with Crippen LogP contribution in [0.4, 0.5) is 0 Å². The first kappa shape index (κ1) is 13.4. The second kappa shape index (κ2) is 5.29. The number of hydrogen-bond donors (Lipinski definition) is 1. The number of morpholine rings is 1. The zero-order valence-corrected chi connectivity index (χ0v) is 11.7. The third-order valence-electron chi connectivity index (χ3n) is 2.91. The van der Waals surface area contributed by atoms with Crippen LogP contribution in [0.5, 0.6) is 5.75 Å². The van der Waals surface area contributed by atoms with Gasteiger partial charge < -0.3 is 14.8 Å². The van der Waals surface area contributed by atoms with Crippen LogP contribution in [0, 0.1) is 0 Å². The van der Waals surface area contributed by atoms with Crippen molar-refractivity contribution in [3.8, 4) is 5.75 Å². The van der Waals surface area contributed by atoms with E-state index in [1.807, 2.05) is 12.1 Å². The zero-order chi connectivity index (χ0) is 13.2. The first-order valence-corrected chi connectivity index (χ1v) is 6.58. The molecule has 2 atom stereocenters. The van der Waals surface area contributed by atoms with Gasteiger partial charge in [-0.25, -0.2) is 0 Å². The van der Waals surface area contributed by atoms with E-state index in [1.54, 1.807) is 0 Å². The van der Waals surface area contributed by atoms with Crippen molar-refractivity contribution in [2.24, 2.45) is 0 Å². The van der Waals surface area contributed by atoms with Crippen LogP contribution < -0.4 is 10.1 Å². The van der Waals surface area contributed by atoms with E-state index in [2.05, 4.69) is 45.1 Å². The highest BCUT2D eigenvalue weighted by Gasteiger charge is 2.19. The van der Waals surface area contributed by atoms with Crippen molar-refractivity contribution in [1.29, 1.82) is 0 Å². The fourth-order valence-corrected chi connectivity index (χ4v) is 2.02. The minimum absolute atomic E-state index is 0.150. The van der Waals surface area contributed by atoms with E-state index in [9.17, 15) is 0 Å². The van der Waals surface area contributed by atoms with Crippen molar-refractivity contribution in [1.82, 2.24) is 5.32 Å². The summed E-state index contributed by atoms with van der Waals surface area (Å²) in [5.74, 6) is 0.913. The monoisotopic (exact) mass is 249 g/mol. The average molecular weight is 249 g/mol. The molecule has 1 aliphatic rings. The lowest BCUT2D eigenvalue weighted by Crippen LogP contribution is -2.39. The molecule has 0 spiro atoms. The summed E-state index contributed by atoms with van der Waals surface area (Å²) in [4.78, 5) is 0. The van der Waals surface area contributed by atoms with E-state index in [0.29, 0.717) is 12.1 Å². The van der Waals surface area contributed by atoms with Crippen LogP contribution in [0.25, 0.3) is 0 Å². The second-order valence-electron chi connectivity index (χ2n) is 5.89. The number of benzene rings is 1. The Bertz CT molecular complexity index is 372. The quantitative estimate of drug-likeness (QED) is 0.874. The molecule has 1 heterocycles. The molecule has 1 fully saturated rings. The Kier molecular flexibility index (Phi) is 3.93. The molecule has 100 valence electrons. The van der Waals surface area contributed by atoms with Crippen molar-refractivity contribution < 1.29 is 9.47 Å². The Morgan fingerprint density at radius 1 is 1.22 bits per heavy atom. The summed E-state index contributed by atoms with van der Waals surface area (Å²) in [7, 11) is 0. The molecule has 1 aliphatic heterocycles. The van der Waals surface area contributed by atoms with Crippen LogP contribution in [0.1, 0.15) is 39.3 Å². The highest BCUT2D eigenvalue weighted by Crippen LogP contribution is 2.23. The van der Waals surface area contributed by atoms with E-state index >= 15 is 0 Å². The van der Waals surface area contributed by atoms with Crippen molar-refractivity contribution in [3.63, 3.8) is 0 Å². The topological polar surface area (TPSA) is 30.5 Å². The van der Waals surface area contributed by atoms with Crippen molar-refractivity contribution in [3.05, 3.63) is 29.8 Å². The molecule has 0 aliphatic carbocycles. The van der Waals surface area contributed by atoms with Crippen molar-refractivity contribution in [2.45, 2.75) is 45.4 Å². The lowest BCUT2D eigenvalue weighted by Gasteiger charge is -2.29. The Labute approximate surface area is 109 Å². The van der Waals surface area contributed by atoms with Gasteiger partial charge in [-0.3, -0.25) is 0 Å². The van der Waals surface area contributed by atoms with Crippen molar-refractivity contribution in [2.75, 3.05) is 13.2 Å². The SMILES string of the molecule is CC1CNC(c2ccc(OC(C)(C)C)cc2)CO1. The predicted molar refractivity (Wildman–Crippen MR) is 73.0 cm³/mol. The summed E-state index contributed by atoms with van der Waals surface area (Å²) in [5, 5.41) is 3.49. The normalized spacial score (nSPS) is 24.9. The summed E-state index contributed by atoms with van der Waals surface area (Å²) in [6.07, 6.45) is 0.310. The summed E-state index contributed by atoms with van der Waals surface area (Å²) in [5.41, 5.74) is 1.10. The minimum Gasteiger partial charge on any atom is -0.488 e. The molecule has 0 bridgehead atoms. The van der Waals surface area contributed by atoms with Crippen LogP contribution in [0.2, 0.25) is 0 Å². The van der Waals surface area contributed by atoms with Crippen LogP contribution in [0.3, 0.4) is 0 Å². The molecule has 1 aromatic rings. The maximum absolute atomic E-state index is 5.81. The molecule has 0 amide bonds. The highest BCUT2D eigenvalue weighted by molar-refractivity contribution is 5.29. The molecule has 1 N–H and O–H groups in total. The molecule has 1 saturated heterocycles. The molecule has 3 nitrogen and oxygen atoms in total. The maximum atomic E-state index is 5.81. The maximum Gasteiger partial charge on any atom is 0.120 e. The van der Waals surface area contributed by atoms with E-state index in [4.69, 9.17) is 9.47 Å². The van der Waals surface area contributed by atoms with Gasteiger partial charge in [0, 0.05) is 6.54 Å².